The van der Waals surface area contributed by atoms with Gasteiger partial charge in [0.25, 0.3) is 0 Å². The van der Waals surface area contributed by atoms with Crippen LogP contribution in [0.4, 0.5) is 5.69 Å². The number of rotatable bonds is 1. The van der Waals surface area contributed by atoms with E-state index in [1.165, 1.54) is 0 Å². The second kappa shape index (κ2) is 2.31. The monoisotopic (exact) mass is 143 g/mol. The normalized spacial score (nSPS) is 10.0. The van der Waals surface area contributed by atoms with Gasteiger partial charge in [0.15, 0.2) is 0 Å². The zero-order chi connectivity index (χ0) is 6.85. The first-order chi connectivity index (χ1) is 4.25. The summed E-state index contributed by atoms with van der Waals surface area (Å²) < 4.78 is 1.72. The number of anilines is 1. The van der Waals surface area contributed by atoms with E-state index >= 15 is 0 Å². The van der Waals surface area contributed by atoms with Crippen molar-refractivity contribution in [2.45, 2.75) is 5.75 Å². The van der Waals surface area contributed by atoms with Crippen LogP contribution in [0.5, 0.6) is 0 Å². The molecule has 0 aromatic carbocycles. The van der Waals surface area contributed by atoms with Gasteiger partial charge < -0.3 is 5.73 Å². The number of hydrogen-bond donors (Lipinski definition) is 2. The van der Waals surface area contributed by atoms with Crippen LogP contribution in [0, 0.1) is 0 Å². The maximum absolute atomic E-state index is 5.52. The molecule has 0 saturated carbocycles. The first kappa shape index (κ1) is 6.48. The van der Waals surface area contributed by atoms with E-state index in [2.05, 4.69) is 17.7 Å². The molecule has 4 heteroatoms. The molecule has 0 saturated heterocycles. The molecule has 0 spiro atoms. The van der Waals surface area contributed by atoms with Gasteiger partial charge in [-0.3, -0.25) is 4.68 Å². The van der Waals surface area contributed by atoms with Gasteiger partial charge in [0.1, 0.15) is 0 Å². The van der Waals surface area contributed by atoms with Crippen LogP contribution in [0.2, 0.25) is 0 Å². The maximum Gasteiger partial charge on any atom is 0.0741 e. The first-order valence-corrected chi connectivity index (χ1v) is 3.26. The average Bonchev–Trinajstić information content (AvgIpc) is 2.12. The zero-order valence-corrected chi connectivity index (χ0v) is 6.10. The summed E-state index contributed by atoms with van der Waals surface area (Å²) in [5.41, 5.74) is 7.21. The molecule has 2 N–H and O–H groups in total. The summed E-state index contributed by atoms with van der Waals surface area (Å²) in [7, 11) is 1.85. The second-order valence-electron chi connectivity index (χ2n) is 1.83. The fourth-order valence-corrected chi connectivity index (χ4v) is 1.06. The molecule has 0 radical (unpaired) electrons. The Morgan fingerprint density at radius 1 is 1.89 bits per heavy atom. The van der Waals surface area contributed by atoms with Crippen LogP contribution >= 0.6 is 12.6 Å². The van der Waals surface area contributed by atoms with Gasteiger partial charge in [-0.15, -0.1) is 0 Å². The van der Waals surface area contributed by atoms with Gasteiger partial charge >= 0.3 is 0 Å². The standard InChI is InChI=1S/C5H9N3S/c1-8-5(3-9)4(6)2-7-8/h2,9H,3,6H2,1H3. The molecule has 0 unspecified atom stereocenters. The van der Waals surface area contributed by atoms with Gasteiger partial charge in [0.05, 0.1) is 17.6 Å². The molecule has 9 heavy (non-hydrogen) atoms. The molecule has 50 valence electrons. The van der Waals surface area contributed by atoms with Gasteiger partial charge in [-0.05, 0) is 0 Å². The molecule has 1 heterocycles. The fourth-order valence-electron chi connectivity index (χ4n) is 0.673. The van der Waals surface area contributed by atoms with Crippen molar-refractivity contribution in [2.75, 3.05) is 5.73 Å². The van der Waals surface area contributed by atoms with Crippen molar-refractivity contribution in [3.8, 4) is 0 Å². The Morgan fingerprint density at radius 2 is 2.56 bits per heavy atom. The minimum absolute atomic E-state index is 0.641. The van der Waals surface area contributed by atoms with Crippen molar-refractivity contribution in [3.63, 3.8) is 0 Å². The average molecular weight is 143 g/mol. The Balaban J connectivity index is 3.07. The van der Waals surface area contributed by atoms with Gasteiger partial charge in [-0.25, -0.2) is 0 Å². The predicted octanol–water partition coefficient (Wildman–Crippen LogP) is 0.432. The summed E-state index contributed by atoms with van der Waals surface area (Å²) in [4.78, 5) is 0. The minimum atomic E-state index is 0.641. The Kier molecular flexibility index (Phi) is 1.66. The summed E-state index contributed by atoms with van der Waals surface area (Å²) in [6.07, 6.45) is 1.63. The van der Waals surface area contributed by atoms with Crippen molar-refractivity contribution >= 4 is 18.3 Å². The SMILES string of the molecule is Cn1ncc(N)c1CS. The van der Waals surface area contributed by atoms with E-state index in [1.54, 1.807) is 10.9 Å². The van der Waals surface area contributed by atoms with Gasteiger partial charge in [0, 0.05) is 12.8 Å². The minimum Gasteiger partial charge on any atom is -0.396 e. The smallest absolute Gasteiger partial charge is 0.0741 e. The third-order valence-corrected chi connectivity index (χ3v) is 1.54. The summed E-state index contributed by atoms with van der Waals surface area (Å²) >= 11 is 4.07. The number of aromatic nitrogens is 2. The molecule has 1 rings (SSSR count). The van der Waals surface area contributed by atoms with Crippen LogP contribution in [-0.2, 0) is 12.8 Å². The molecule has 0 aliphatic rings. The van der Waals surface area contributed by atoms with Crippen LogP contribution in [0.25, 0.3) is 0 Å². The van der Waals surface area contributed by atoms with E-state index in [-0.39, 0.29) is 0 Å². The molecule has 3 nitrogen and oxygen atoms in total. The molecule has 1 aromatic rings. The predicted molar refractivity (Wildman–Crippen MR) is 40.3 cm³/mol. The molecular weight excluding hydrogens is 134 g/mol. The molecule has 0 fully saturated rings. The van der Waals surface area contributed by atoms with Crippen LogP contribution < -0.4 is 5.73 Å². The number of nitrogen functional groups attached to an aromatic ring is 1. The summed E-state index contributed by atoms with van der Waals surface area (Å²) in [6.45, 7) is 0. The quantitative estimate of drug-likeness (QED) is 0.560. The molecule has 0 aliphatic carbocycles. The summed E-state index contributed by atoms with van der Waals surface area (Å²) in [5.74, 6) is 0.641. The van der Waals surface area contributed by atoms with Gasteiger partial charge in [-0.1, -0.05) is 0 Å². The lowest BCUT2D eigenvalue weighted by Crippen LogP contribution is -1.97. The lowest BCUT2D eigenvalue weighted by molar-refractivity contribution is 0.737. The summed E-state index contributed by atoms with van der Waals surface area (Å²) in [6, 6.07) is 0. The van der Waals surface area contributed by atoms with Crippen molar-refractivity contribution in [2.24, 2.45) is 7.05 Å². The first-order valence-electron chi connectivity index (χ1n) is 2.63. The van der Waals surface area contributed by atoms with Crippen LogP contribution in [0.15, 0.2) is 6.20 Å². The summed E-state index contributed by atoms with van der Waals surface area (Å²) in [5, 5.41) is 3.93. The molecule has 0 amide bonds. The highest BCUT2D eigenvalue weighted by molar-refractivity contribution is 7.79. The van der Waals surface area contributed by atoms with E-state index in [1.807, 2.05) is 7.05 Å². The number of nitrogens with zero attached hydrogens (tertiary/aromatic N) is 2. The van der Waals surface area contributed by atoms with Gasteiger partial charge in [0.2, 0.25) is 0 Å². The highest BCUT2D eigenvalue weighted by Crippen LogP contribution is 2.10. The highest BCUT2D eigenvalue weighted by atomic mass is 32.1. The third kappa shape index (κ3) is 1.03. The number of aryl methyl sites for hydroxylation is 1. The Morgan fingerprint density at radius 3 is 2.78 bits per heavy atom. The van der Waals surface area contributed by atoms with Gasteiger partial charge in [-0.2, -0.15) is 17.7 Å². The topological polar surface area (TPSA) is 43.8 Å². The van der Waals surface area contributed by atoms with Crippen molar-refractivity contribution in [1.29, 1.82) is 0 Å². The molecule has 1 aromatic heterocycles. The maximum atomic E-state index is 5.52. The third-order valence-electron chi connectivity index (χ3n) is 1.24. The van der Waals surface area contributed by atoms with Crippen molar-refractivity contribution < 1.29 is 0 Å². The number of thiol groups is 1. The van der Waals surface area contributed by atoms with Crippen molar-refractivity contribution in [3.05, 3.63) is 11.9 Å². The lowest BCUT2D eigenvalue weighted by Gasteiger charge is -1.95. The lowest BCUT2D eigenvalue weighted by atomic mass is 10.4. The zero-order valence-electron chi connectivity index (χ0n) is 5.20. The van der Waals surface area contributed by atoms with E-state index < -0.39 is 0 Å². The largest absolute Gasteiger partial charge is 0.396 e. The number of hydrogen-bond acceptors (Lipinski definition) is 3. The van der Waals surface area contributed by atoms with Crippen LogP contribution in [0.1, 0.15) is 5.69 Å². The Labute approximate surface area is 59.3 Å². The molecule has 0 aliphatic heterocycles. The highest BCUT2D eigenvalue weighted by Gasteiger charge is 2.00. The van der Waals surface area contributed by atoms with Crippen molar-refractivity contribution in [1.82, 2.24) is 9.78 Å². The molecular formula is C5H9N3S. The second-order valence-corrected chi connectivity index (χ2v) is 2.14. The van der Waals surface area contributed by atoms with Crippen LogP contribution in [-0.4, -0.2) is 9.78 Å². The van der Waals surface area contributed by atoms with E-state index in [0.29, 0.717) is 11.4 Å². The van der Waals surface area contributed by atoms with E-state index in [0.717, 1.165) is 5.69 Å². The van der Waals surface area contributed by atoms with E-state index in [4.69, 9.17) is 5.73 Å². The molecule has 0 atom stereocenters. The Hall–Kier alpha value is -0.640. The van der Waals surface area contributed by atoms with E-state index in [9.17, 15) is 0 Å². The number of nitrogens with two attached hydrogens (primary N) is 1. The van der Waals surface area contributed by atoms with Crippen LogP contribution in [0.3, 0.4) is 0 Å². The Bertz CT molecular complexity index is 186. The fraction of sp³-hybridized carbons (Fsp3) is 0.400. The molecule has 0 bridgehead atoms.